The van der Waals surface area contributed by atoms with Crippen LogP contribution in [-0.2, 0) is 0 Å². The van der Waals surface area contributed by atoms with Gasteiger partial charge in [-0.25, -0.2) is 0 Å². The van der Waals surface area contributed by atoms with E-state index in [2.05, 4.69) is 31.9 Å². The quantitative estimate of drug-likeness (QED) is 0.515. The largest absolute Gasteiger partial charge is 0.397 e. The molecule has 0 aliphatic heterocycles. The third kappa shape index (κ3) is 2.45. The molecule has 0 aliphatic rings. The van der Waals surface area contributed by atoms with Crippen molar-refractivity contribution in [3.8, 4) is 0 Å². The molecule has 0 radical (unpaired) electrons. The second-order valence-electron chi connectivity index (χ2n) is 2.41. The standard InChI is InChI=1S/C8H6Br2ClNO/c9-3-8(13)4-1-6(11)7(12)2-5(4)10/h1-2H,3,12H2. The molecule has 0 heterocycles. The number of Topliss-reactive ketones (excluding diaryl/α,β-unsaturated/α-hetero) is 1. The molecular formula is C8H6Br2ClNO. The van der Waals surface area contributed by atoms with Gasteiger partial charge < -0.3 is 5.73 Å². The lowest BCUT2D eigenvalue weighted by molar-refractivity contribution is 0.102. The Balaban J connectivity index is 3.23. The van der Waals surface area contributed by atoms with Crippen molar-refractivity contribution in [1.82, 2.24) is 0 Å². The van der Waals surface area contributed by atoms with Crippen LogP contribution in [0.2, 0.25) is 5.02 Å². The SMILES string of the molecule is Nc1cc(Br)c(C(=O)CBr)cc1Cl. The van der Waals surface area contributed by atoms with Gasteiger partial charge in [-0.3, -0.25) is 4.79 Å². The lowest BCUT2D eigenvalue weighted by Gasteiger charge is -2.04. The number of nitrogens with two attached hydrogens (primary N) is 1. The summed E-state index contributed by atoms with van der Waals surface area (Å²) in [6.45, 7) is 0. The highest BCUT2D eigenvalue weighted by atomic mass is 79.9. The fourth-order valence-corrected chi connectivity index (χ4v) is 1.90. The fourth-order valence-electron chi connectivity index (χ4n) is 0.848. The molecule has 0 spiro atoms. The van der Waals surface area contributed by atoms with Gasteiger partial charge in [0, 0.05) is 10.0 Å². The predicted molar refractivity (Wildman–Crippen MR) is 61.7 cm³/mol. The van der Waals surface area contributed by atoms with Crippen LogP contribution in [0, 0.1) is 0 Å². The summed E-state index contributed by atoms with van der Waals surface area (Å²) in [5.41, 5.74) is 6.54. The van der Waals surface area contributed by atoms with E-state index in [0.717, 1.165) is 0 Å². The molecular weight excluding hydrogens is 321 g/mol. The monoisotopic (exact) mass is 325 g/mol. The van der Waals surface area contributed by atoms with E-state index in [0.29, 0.717) is 20.7 Å². The maximum absolute atomic E-state index is 11.3. The van der Waals surface area contributed by atoms with E-state index < -0.39 is 0 Å². The molecule has 0 saturated heterocycles. The normalized spacial score (nSPS) is 10.1. The van der Waals surface area contributed by atoms with Crippen LogP contribution in [0.25, 0.3) is 0 Å². The number of carbonyl (C=O) groups is 1. The minimum atomic E-state index is -0.0335. The van der Waals surface area contributed by atoms with Crippen molar-refractivity contribution in [2.75, 3.05) is 11.1 Å². The number of ketones is 1. The molecule has 1 rings (SSSR count). The molecule has 13 heavy (non-hydrogen) atoms. The van der Waals surface area contributed by atoms with Crippen molar-refractivity contribution in [3.05, 3.63) is 27.2 Å². The molecule has 0 aliphatic carbocycles. The van der Waals surface area contributed by atoms with Gasteiger partial charge in [0.15, 0.2) is 5.78 Å². The van der Waals surface area contributed by atoms with Gasteiger partial charge >= 0.3 is 0 Å². The van der Waals surface area contributed by atoms with E-state index in [1.165, 1.54) is 0 Å². The lowest BCUT2D eigenvalue weighted by Crippen LogP contribution is -2.02. The van der Waals surface area contributed by atoms with E-state index in [-0.39, 0.29) is 11.1 Å². The van der Waals surface area contributed by atoms with Gasteiger partial charge in [-0.15, -0.1) is 0 Å². The summed E-state index contributed by atoms with van der Waals surface area (Å²) < 4.78 is 0.666. The predicted octanol–water partition coefficient (Wildman–Crippen LogP) is 3.26. The van der Waals surface area contributed by atoms with Crippen molar-refractivity contribution in [2.24, 2.45) is 0 Å². The molecule has 70 valence electrons. The minimum absolute atomic E-state index is 0.0335. The highest BCUT2D eigenvalue weighted by Crippen LogP contribution is 2.27. The second kappa shape index (κ2) is 4.44. The molecule has 2 N–H and O–H groups in total. The Bertz CT molecular complexity index is 354. The number of hydrogen-bond acceptors (Lipinski definition) is 2. The van der Waals surface area contributed by atoms with Crippen LogP contribution in [-0.4, -0.2) is 11.1 Å². The summed E-state index contributed by atoms with van der Waals surface area (Å²) >= 11 is 12.1. The summed E-state index contributed by atoms with van der Waals surface area (Å²) in [6, 6.07) is 3.18. The second-order valence-corrected chi connectivity index (χ2v) is 4.23. The summed E-state index contributed by atoms with van der Waals surface area (Å²) in [5, 5.41) is 0.666. The van der Waals surface area contributed by atoms with E-state index in [1.54, 1.807) is 12.1 Å². The Morgan fingerprint density at radius 3 is 2.69 bits per heavy atom. The number of halogens is 3. The molecule has 0 aromatic heterocycles. The topological polar surface area (TPSA) is 43.1 Å². The first-order chi connectivity index (χ1) is 6.06. The zero-order chi connectivity index (χ0) is 10.0. The molecule has 0 saturated carbocycles. The van der Waals surface area contributed by atoms with Crippen molar-refractivity contribution in [1.29, 1.82) is 0 Å². The summed E-state index contributed by atoms with van der Waals surface area (Å²) in [4.78, 5) is 11.3. The molecule has 0 fully saturated rings. The molecule has 2 nitrogen and oxygen atoms in total. The van der Waals surface area contributed by atoms with Crippen LogP contribution in [0.3, 0.4) is 0 Å². The number of nitrogen functional groups attached to an aromatic ring is 1. The maximum Gasteiger partial charge on any atom is 0.174 e. The Labute approximate surface area is 97.7 Å². The summed E-state index contributed by atoms with van der Waals surface area (Å²) in [6.07, 6.45) is 0. The zero-order valence-corrected chi connectivity index (χ0v) is 10.4. The van der Waals surface area contributed by atoms with Crippen molar-refractivity contribution < 1.29 is 4.79 Å². The molecule has 1 aromatic carbocycles. The molecule has 0 amide bonds. The number of benzene rings is 1. The first-order valence-corrected chi connectivity index (χ1v) is 5.69. The molecule has 1 aromatic rings. The minimum Gasteiger partial charge on any atom is -0.397 e. The Morgan fingerprint density at radius 2 is 2.15 bits per heavy atom. The third-order valence-electron chi connectivity index (χ3n) is 1.51. The number of carbonyl (C=O) groups excluding carboxylic acids is 1. The fraction of sp³-hybridized carbons (Fsp3) is 0.125. The number of rotatable bonds is 2. The lowest BCUT2D eigenvalue weighted by atomic mass is 10.1. The Hall–Kier alpha value is -0.0600. The number of hydrogen-bond donors (Lipinski definition) is 1. The van der Waals surface area contributed by atoms with Crippen molar-refractivity contribution in [2.45, 2.75) is 0 Å². The average molecular weight is 327 g/mol. The van der Waals surface area contributed by atoms with Gasteiger partial charge in [0.1, 0.15) is 0 Å². The highest BCUT2D eigenvalue weighted by molar-refractivity contribution is 9.10. The van der Waals surface area contributed by atoms with Crippen LogP contribution < -0.4 is 5.73 Å². The molecule has 0 unspecified atom stereocenters. The van der Waals surface area contributed by atoms with Crippen LogP contribution in [0.1, 0.15) is 10.4 Å². The van der Waals surface area contributed by atoms with Gasteiger partial charge in [-0.05, 0) is 28.1 Å². The van der Waals surface area contributed by atoms with E-state index in [9.17, 15) is 4.79 Å². The van der Waals surface area contributed by atoms with Crippen molar-refractivity contribution >= 4 is 54.9 Å². The van der Waals surface area contributed by atoms with Crippen LogP contribution >= 0.6 is 43.5 Å². The molecule has 0 bridgehead atoms. The van der Waals surface area contributed by atoms with Crippen LogP contribution in [0.15, 0.2) is 16.6 Å². The zero-order valence-electron chi connectivity index (χ0n) is 6.48. The number of alkyl halides is 1. The van der Waals surface area contributed by atoms with Gasteiger partial charge in [0.25, 0.3) is 0 Å². The number of anilines is 1. The van der Waals surface area contributed by atoms with Gasteiger partial charge in [0.05, 0.1) is 16.0 Å². The van der Waals surface area contributed by atoms with E-state index >= 15 is 0 Å². The van der Waals surface area contributed by atoms with Crippen LogP contribution in [0.4, 0.5) is 5.69 Å². The van der Waals surface area contributed by atoms with Gasteiger partial charge in [-0.1, -0.05) is 27.5 Å². The smallest absolute Gasteiger partial charge is 0.174 e. The average Bonchev–Trinajstić information content (AvgIpc) is 2.10. The molecule has 5 heteroatoms. The third-order valence-corrected chi connectivity index (χ3v) is 3.00. The highest BCUT2D eigenvalue weighted by Gasteiger charge is 2.10. The van der Waals surface area contributed by atoms with Crippen molar-refractivity contribution in [3.63, 3.8) is 0 Å². The first kappa shape index (κ1) is 11.0. The summed E-state index contributed by atoms with van der Waals surface area (Å²) in [5.74, 6) is -0.0335. The molecule has 0 atom stereocenters. The van der Waals surface area contributed by atoms with Gasteiger partial charge in [0.2, 0.25) is 0 Å². The maximum atomic E-state index is 11.3. The van der Waals surface area contributed by atoms with Crippen LogP contribution in [0.5, 0.6) is 0 Å². The Kier molecular flexibility index (Phi) is 3.76. The summed E-state index contributed by atoms with van der Waals surface area (Å²) in [7, 11) is 0. The Morgan fingerprint density at radius 1 is 1.54 bits per heavy atom. The van der Waals surface area contributed by atoms with Gasteiger partial charge in [-0.2, -0.15) is 0 Å². The van der Waals surface area contributed by atoms with E-state index in [1.807, 2.05) is 0 Å². The van der Waals surface area contributed by atoms with E-state index in [4.69, 9.17) is 17.3 Å². The first-order valence-electron chi connectivity index (χ1n) is 3.40.